The molecule has 0 saturated heterocycles. The second kappa shape index (κ2) is 6.72. The van der Waals surface area contributed by atoms with Gasteiger partial charge >= 0.3 is 0 Å². The summed E-state index contributed by atoms with van der Waals surface area (Å²) >= 11 is 6.34. The minimum absolute atomic E-state index is 0.0896. The van der Waals surface area contributed by atoms with Crippen LogP contribution in [0, 0.1) is 12.7 Å². The van der Waals surface area contributed by atoms with E-state index in [1.165, 1.54) is 23.3 Å². The Labute approximate surface area is 119 Å². The number of hydrogen-bond donors (Lipinski definition) is 0. The summed E-state index contributed by atoms with van der Waals surface area (Å²) in [5, 5.41) is 0.0896. The maximum absolute atomic E-state index is 12.8. The lowest BCUT2D eigenvalue weighted by Gasteiger charge is -2.09. The molecule has 0 saturated carbocycles. The summed E-state index contributed by atoms with van der Waals surface area (Å²) in [6, 6.07) is 15.1. The van der Waals surface area contributed by atoms with E-state index in [1.54, 1.807) is 12.1 Å². The molecule has 2 rings (SSSR count). The van der Waals surface area contributed by atoms with Crippen molar-refractivity contribution >= 4 is 11.6 Å². The first-order valence-electron chi connectivity index (χ1n) is 6.57. The van der Waals surface area contributed by atoms with Crippen molar-refractivity contribution in [2.45, 2.75) is 31.6 Å². The zero-order valence-electron chi connectivity index (χ0n) is 11.1. The highest BCUT2D eigenvalue weighted by atomic mass is 35.5. The van der Waals surface area contributed by atoms with Gasteiger partial charge in [-0.1, -0.05) is 42.0 Å². The molecule has 0 radical (unpaired) electrons. The van der Waals surface area contributed by atoms with E-state index in [0.29, 0.717) is 0 Å². The van der Waals surface area contributed by atoms with Gasteiger partial charge in [-0.3, -0.25) is 0 Å². The Kier molecular flexibility index (Phi) is 4.98. The molecule has 0 bridgehead atoms. The molecule has 1 atom stereocenters. The second-order valence-electron chi connectivity index (χ2n) is 4.95. The van der Waals surface area contributed by atoms with Crippen LogP contribution in [-0.2, 0) is 12.8 Å². The maximum atomic E-state index is 12.8. The summed E-state index contributed by atoms with van der Waals surface area (Å²) in [6.45, 7) is 2.09. The van der Waals surface area contributed by atoms with E-state index in [0.717, 1.165) is 24.8 Å². The van der Waals surface area contributed by atoms with Gasteiger partial charge in [0.05, 0.1) is 0 Å². The van der Waals surface area contributed by atoms with Crippen LogP contribution >= 0.6 is 11.6 Å². The van der Waals surface area contributed by atoms with E-state index in [-0.39, 0.29) is 11.2 Å². The van der Waals surface area contributed by atoms with Crippen molar-refractivity contribution in [1.82, 2.24) is 0 Å². The molecule has 0 aliphatic carbocycles. The molecule has 100 valence electrons. The molecule has 0 amide bonds. The number of benzene rings is 2. The van der Waals surface area contributed by atoms with Crippen LogP contribution < -0.4 is 0 Å². The topological polar surface area (TPSA) is 0 Å². The summed E-state index contributed by atoms with van der Waals surface area (Å²) in [6.07, 6.45) is 2.70. The highest BCUT2D eigenvalue weighted by molar-refractivity contribution is 6.20. The minimum atomic E-state index is -0.200. The third kappa shape index (κ3) is 4.68. The number of alkyl halides is 1. The van der Waals surface area contributed by atoms with Gasteiger partial charge in [-0.25, -0.2) is 4.39 Å². The first kappa shape index (κ1) is 14.1. The number of halogens is 2. The summed E-state index contributed by atoms with van der Waals surface area (Å²) < 4.78 is 12.8. The summed E-state index contributed by atoms with van der Waals surface area (Å²) in [7, 11) is 0. The van der Waals surface area contributed by atoms with Gasteiger partial charge < -0.3 is 0 Å². The van der Waals surface area contributed by atoms with Crippen molar-refractivity contribution in [2.75, 3.05) is 0 Å². The van der Waals surface area contributed by atoms with Crippen molar-refractivity contribution in [3.63, 3.8) is 0 Å². The normalized spacial score (nSPS) is 12.4. The van der Waals surface area contributed by atoms with Gasteiger partial charge in [0.15, 0.2) is 0 Å². The molecule has 0 heterocycles. The predicted molar refractivity (Wildman–Crippen MR) is 79.2 cm³/mol. The van der Waals surface area contributed by atoms with Crippen LogP contribution in [0.25, 0.3) is 0 Å². The molecule has 0 fully saturated rings. The molecule has 0 aromatic heterocycles. The molecule has 2 aromatic rings. The standard InChI is InChI=1S/C17H18ClF/c1-13-2-4-14(5-3-13)6-9-16(18)12-15-7-10-17(19)11-8-15/h2-5,7-8,10-11,16H,6,9,12H2,1H3. The average molecular weight is 277 g/mol. The van der Waals surface area contributed by atoms with E-state index < -0.39 is 0 Å². The van der Waals surface area contributed by atoms with Crippen molar-refractivity contribution in [3.8, 4) is 0 Å². The fourth-order valence-corrected chi connectivity index (χ4v) is 2.34. The van der Waals surface area contributed by atoms with E-state index in [2.05, 4.69) is 31.2 Å². The fourth-order valence-electron chi connectivity index (χ4n) is 2.06. The van der Waals surface area contributed by atoms with Gasteiger partial charge in [-0.15, -0.1) is 11.6 Å². The molecule has 0 N–H and O–H groups in total. The van der Waals surface area contributed by atoms with Gasteiger partial charge in [-0.2, -0.15) is 0 Å². The first-order valence-corrected chi connectivity index (χ1v) is 7.01. The summed E-state index contributed by atoms with van der Waals surface area (Å²) in [4.78, 5) is 0. The molecule has 0 spiro atoms. The van der Waals surface area contributed by atoms with Gasteiger partial charge in [0.1, 0.15) is 5.82 Å². The SMILES string of the molecule is Cc1ccc(CCC(Cl)Cc2ccc(F)cc2)cc1. The van der Waals surface area contributed by atoms with Crippen molar-refractivity contribution in [1.29, 1.82) is 0 Å². The summed E-state index contributed by atoms with van der Waals surface area (Å²) in [5.74, 6) is -0.200. The Hall–Kier alpha value is -1.34. The highest BCUT2D eigenvalue weighted by Gasteiger charge is 2.06. The zero-order valence-corrected chi connectivity index (χ0v) is 11.8. The van der Waals surface area contributed by atoms with E-state index in [9.17, 15) is 4.39 Å². The Bertz CT molecular complexity index is 502. The van der Waals surface area contributed by atoms with Gasteiger partial charge in [0, 0.05) is 5.38 Å². The molecule has 2 aromatic carbocycles. The van der Waals surface area contributed by atoms with Crippen LogP contribution in [0.15, 0.2) is 48.5 Å². The monoisotopic (exact) mass is 276 g/mol. The largest absolute Gasteiger partial charge is 0.207 e. The molecular formula is C17H18ClF. The number of hydrogen-bond acceptors (Lipinski definition) is 0. The van der Waals surface area contributed by atoms with Gasteiger partial charge in [0.2, 0.25) is 0 Å². The lowest BCUT2D eigenvalue weighted by atomic mass is 10.0. The Balaban J connectivity index is 1.82. The number of aryl methyl sites for hydroxylation is 2. The predicted octanol–water partition coefficient (Wildman–Crippen LogP) is 4.92. The van der Waals surface area contributed by atoms with E-state index in [1.807, 2.05) is 0 Å². The second-order valence-corrected chi connectivity index (χ2v) is 5.57. The van der Waals surface area contributed by atoms with Gasteiger partial charge in [0.25, 0.3) is 0 Å². The van der Waals surface area contributed by atoms with Crippen LogP contribution in [0.1, 0.15) is 23.1 Å². The maximum Gasteiger partial charge on any atom is 0.123 e. The third-order valence-corrected chi connectivity index (χ3v) is 3.61. The molecular weight excluding hydrogens is 259 g/mol. The average Bonchev–Trinajstić information content (AvgIpc) is 2.41. The van der Waals surface area contributed by atoms with Crippen LogP contribution in [0.4, 0.5) is 4.39 Å². The lowest BCUT2D eigenvalue weighted by Crippen LogP contribution is -2.05. The molecule has 19 heavy (non-hydrogen) atoms. The van der Waals surface area contributed by atoms with Crippen LogP contribution in [0.3, 0.4) is 0 Å². The smallest absolute Gasteiger partial charge is 0.123 e. The Morgan fingerprint density at radius 3 is 2.16 bits per heavy atom. The van der Waals surface area contributed by atoms with E-state index >= 15 is 0 Å². The molecule has 0 aliphatic heterocycles. The van der Waals surface area contributed by atoms with Crippen molar-refractivity contribution in [2.24, 2.45) is 0 Å². The third-order valence-electron chi connectivity index (χ3n) is 3.24. The highest BCUT2D eigenvalue weighted by Crippen LogP contribution is 2.15. The number of rotatable bonds is 5. The van der Waals surface area contributed by atoms with E-state index in [4.69, 9.17) is 11.6 Å². The molecule has 0 aliphatic rings. The molecule has 0 nitrogen and oxygen atoms in total. The molecule has 2 heteroatoms. The van der Waals surface area contributed by atoms with Crippen molar-refractivity contribution < 1.29 is 4.39 Å². The van der Waals surface area contributed by atoms with Gasteiger partial charge in [-0.05, 0) is 49.4 Å². The Morgan fingerprint density at radius 1 is 0.947 bits per heavy atom. The van der Waals surface area contributed by atoms with Crippen LogP contribution in [-0.4, -0.2) is 5.38 Å². The summed E-state index contributed by atoms with van der Waals surface area (Å²) in [5.41, 5.74) is 3.68. The Morgan fingerprint density at radius 2 is 1.53 bits per heavy atom. The zero-order chi connectivity index (χ0) is 13.7. The van der Waals surface area contributed by atoms with Crippen molar-refractivity contribution in [3.05, 3.63) is 71.0 Å². The lowest BCUT2D eigenvalue weighted by molar-refractivity contribution is 0.626. The fraction of sp³-hybridized carbons (Fsp3) is 0.294. The van der Waals surface area contributed by atoms with Crippen LogP contribution in [0.5, 0.6) is 0 Å². The molecule has 1 unspecified atom stereocenters. The quantitative estimate of drug-likeness (QED) is 0.680. The van der Waals surface area contributed by atoms with Crippen LogP contribution in [0.2, 0.25) is 0 Å². The first-order chi connectivity index (χ1) is 9.13. The minimum Gasteiger partial charge on any atom is -0.207 e.